The number of barbiturate groups is 1. The van der Waals surface area contributed by atoms with Crippen molar-refractivity contribution < 1.29 is 14.4 Å². The minimum Gasteiger partial charge on any atom is -0.304 e. The van der Waals surface area contributed by atoms with Gasteiger partial charge in [0.2, 0.25) is 11.8 Å². The van der Waals surface area contributed by atoms with E-state index in [0.717, 1.165) is 6.54 Å². The van der Waals surface area contributed by atoms with Gasteiger partial charge in [-0.2, -0.15) is 0 Å². The van der Waals surface area contributed by atoms with Gasteiger partial charge in [0.25, 0.3) is 0 Å². The highest BCUT2D eigenvalue weighted by Gasteiger charge is 2.51. The average Bonchev–Trinajstić information content (AvgIpc) is 2.27. The molecule has 2 saturated heterocycles. The number of carbonyl (C=O) groups is 3. The number of hydrogen-bond donors (Lipinski definition) is 2. The van der Waals surface area contributed by atoms with E-state index >= 15 is 0 Å². The molecular formula is C10H15N3O3. The highest BCUT2D eigenvalue weighted by molar-refractivity contribution is 6.19. The normalized spacial score (nSPS) is 25.4. The Kier molecular flexibility index (Phi) is 2.67. The third-order valence-electron chi connectivity index (χ3n) is 3.48. The summed E-state index contributed by atoms with van der Waals surface area (Å²) >= 11 is 0. The Labute approximate surface area is 93.4 Å². The molecule has 0 unspecified atom stereocenters. The molecule has 1 spiro atoms. The summed E-state index contributed by atoms with van der Waals surface area (Å²) in [5.41, 5.74) is -1.03. The molecule has 0 bridgehead atoms. The first-order chi connectivity index (χ1) is 7.58. The Morgan fingerprint density at radius 2 is 1.62 bits per heavy atom. The minimum absolute atomic E-state index is 0.447. The maximum atomic E-state index is 11.8. The molecule has 0 aromatic rings. The lowest BCUT2D eigenvalue weighted by molar-refractivity contribution is -0.147. The molecule has 0 aromatic carbocycles. The van der Waals surface area contributed by atoms with Crippen molar-refractivity contribution in [2.24, 2.45) is 5.41 Å². The third kappa shape index (κ3) is 1.59. The zero-order valence-electron chi connectivity index (χ0n) is 9.21. The van der Waals surface area contributed by atoms with E-state index in [1.54, 1.807) is 0 Å². The van der Waals surface area contributed by atoms with Crippen molar-refractivity contribution in [1.29, 1.82) is 0 Å². The predicted molar refractivity (Wildman–Crippen MR) is 55.5 cm³/mol. The molecule has 0 radical (unpaired) electrons. The Hall–Kier alpha value is -1.43. The van der Waals surface area contributed by atoms with Gasteiger partial charge in [-0.3, -0.25) is 20.2 Å². The van der Waals surface area contributed by atoms with E-state index in [1.165, 1.54) is 0 Å². The zero-order valence-corrected chi connectivity index (χ0v) is 9.21. The Bertz CT molecular complexity index is 323. The molecule has 0 aromatic heterocycles. The van der Waals surface area contributed by atoms with E-state index in [2.05, 4.69) is 15.5 Å². The number of likely N-dealkylation sites (tertiary alicyclic amines) is 1. The summed E-state index contributed by atoms with van der Waals surface area (Å²) in [6, 6.07) is -0.710. The summed E-state index contributed by atoms with van der Waals surface area (Å²) in [5.74, 6) is -0.894. The first-order valence-corrected chi connectivity index (χ1v) is 5.48. The largest absolute Gasteiger partial charge is 0.328 e. The van der Waals surface area contributed by atoms with Crippen LogP contribution < -0.4 is 10.6 Å². The predicted octanol–water partition coefficient (Wildman–Crippen LogP) is -0.545. The second-order valence-corrected chi connectivity index (χ2v) is 4.25. The number of amides is 4. The first kappa shape index (κ1) is 11.1. The number of carbonyl (C=O) groups excluding carboxylic acids is 3. The van der Waals surface area contributed by atoms with Gasteiger partial charge in [0.05, 0.1) is 0 Å². The summed E-state index contributed by atoms with van der Waals surface area (Å²) in [7, 11) is 0. The molecule has 16 heavy (non-hydrogen) atoms. The van der Waals surface area contributed by atoms with Crippen LogP contribution >= 0.6 is 0 Å². The fourth-order valence-corrected chi connectivity index (χ4v) is 2.28. The molecule has 2 aliphatic heterocycles. The number of nitrogens with zero attached hydrogens (tertiary/aromatic N) is 1. The van der Waals surface area contributed by atoms with Gasteiger partial charge in [-0.15, -0.1) is 0 Å². The van der Waals surface area contributed by atoms with Crippen molar-refractivity contribution in [1.82, 2.24) is 15.5 Å². The monoisotopic (exact) mass is 225 g/mol. The lowest BCUT2D eigenvalue weighted by Crippen LogP contribution is -2.64. The van der Waals surface area contributed by atoms with E-state index in [1.807, 2.05) is 6.92 Å². The highest BCUT2D eigenvalue weighted by Crippen LogP contribution is 2.33. The van der Waals surface area contributed by atoms with E-state index in [0.29, 0.717) is 25.9 Å². The Balaban J connectivity index is 2.15. The van der Waals surface area contributed by atoms with Gasteiger partial charge in [-0.25, -0.2) is 4.79 Å². The van der Waals surface area contributed by atoms with E-state index < -0.39 is 23.3 Å². The van der Waals surface area contributed by atoms with Crippen molar-refractivity contribution in [3.05, 3.63) is 0 Å². The quantitative estimate of drug-likeness (QED) is 0.587. The van der Waals surface area contributed by atoms with Crippen molar-refractivity contribution in [3.8, 4) is 0 Å². The maximum Gasteiger partial charge on any atom is 0.328 e. The molecule has 2 heterocycles. The van der Waals surface area contributed by atoms with Gasteiger partial charge in [-0.05, 0) is 32.5 Å². The van der Waals surface area contributed by atoms with E-state index in [9.17, 15) is 14.4 Å². The van der Waals surface area contributed by atoms with Crippen molar-refractivity contribution in [2.45, 2.75) is 19.8 Å². The second kappa shape index (κ2) is 3.86. The second-order valence-electron chi connectivity index (χ2n) is 4.25. The van der Waals surface area contributed by atoms with E-state index in [-0.39, 0.29) is 0 Å². The molecule has 0 aliphatic carbocycles. The smallest absolute Gasteiger partial charge is 0.304 e. The topological polar surface area (TPSA) is 78.5 Å². The van der Waals surface area contributed by atoms with Gasteiger partial charge in [-0.1, -0.05) is 6.92 Å². The number of imide groups is 2. The van der Waals surface area contributed by atoms with Crippen LogP contribution in [0.2, 0.25) is 0 Å². The zero-order chi connectivity index (χ0) is 11.8. The maximum absolute atomic E-state index is 11.8. The SMILES string of the molecule is CCN1CCC2(CC1)C(=O)NC(=O)NC2=O. The summed E-state index contributed by atoms with van der Waals surface area (Å²) in [6.07, 6.45) is 0.956. The van der Waals surface area contributed by atoms with Crippen molar-refractivity contribution in [2.75, 3.05) is 19.6 Å². The summed E-state index contributed by atoms with van der Waals surface area (Å²) < 4.78 is 0. The lowest BCUT2D eigenvalue weighted by Gasteiger charge is -2.40. The Morgan fingerprint density at radius 1 is 1.12 bits per heavy atom. The number of rotatable bonds is 1. The molecule has 6 nitrogen and oxygen atoms in total. The van der Waals surface area contributed by atoms with Crippen molar-refractivity contribution >= 4 is 17.8 Å². The highest BCUT2D eigenvalue weighted by atomic mass is 16.2. The van der Waals surface area contributed by atoms with Gasteiger partial charge < -0.3 is 4.90 Å². The standard InChI is InChI=1S/C10H15N3O3/c1-2-13-5-3-10(4-6-13)7(14)11-9(16)12-8(10)15/h2-6H2,1H3,(H2,11,12,14,15,16). The molecule has 2 aliphatic rings. The van der Waals surface area contributed by atoms with Gasteiger partial charge >= 0.3 is 6.03 Å². The number of urea groups is 1. The van der Waals surface area contributed by atoms with E-state index in [4.69, 9.17) is 0 Å². The van der Waals surface area contributed by atoms with Crippen LogP contribution in [0.4, 0.5) is 4.79 Å². The lowest BCUT2D eigenvalue weighted by atomic mass is 9.75. The average molecular weight is 225 g/mol. The molecule has 6 heteroatoms. The summed E-state index contributed by atoms with van der Waals surface area (Å²) in [6.45, 7) is 4.39. The fourth-order valence-electron chi connectivity index (χ4n) is 2.28. The molecule has 0 saturated carbocycles. The van der Waals surface area contributed by atoms with Crippen LogP contribution in [-0.4, -0.2) is 42.4 Å². The van der Waals surface area contributed by atoms with Crippen LogP contribution in [0, 0.1) is 5.41 Å². The van der Waals surface area contributed by atoms with Crippen LogP contribution in [-0.2, 0) is 9.59 Å². The molecule has 2 N–H and O–H groups in total. The van der Waals surface area contributed by atoms with Crippen molar-refractivity contribution in [3.63, 3.8) is 0 Å². The molecule has 4 amide bonds. The van der Waals surface area contributed by atoms with Crippen LogP contribution in [0.1, 0.15) is 19.8 Å². The van der Waals surface area contributed by atoms with Gasteiger partial charge in [0, 0.05) is 0 Å². The van der Waals surface area contributed by atoms with Crippen LogP contribution in [0.15, 0.2) is 0 Å². The molecule has 2 fully saturated rings. The molecule has 0 atom stereocenters. The van der Waals surface area contributed by atoms with Crippen LogP contribution in [0.25, 0.3) is 0 Å². The summed E-state index contributed by atoms with van der Waals surface area (Å²) in [4.78, 5) is 36.7. The van der Waals surface area contributed by atoms with Crippen LogP contribution in [0.5, 0.6) is 0 Å². The van der Waals surface area contributed by atoms with Crippen LogP contribution in [0.3, 0.4) is 0 Å². The minimum atomic E-state index is -1.03. The third-order valence-corrected chi connectivity index (χ3v) is 3.48. The van der Waals surface area contributed by atoms with Gasteiger partial charge in [0.15, 0.2) is 0 Å². The number of nitrogens with one attached hydrogen (secondary N) is 2. The first-order valence-electron chi connectivity index (χ1n) is 5.48. The molecule has 88 valence electrons. The molecule has 2 rings (SSSR count). The van der Waals surface area contributed by atoms with Gasteiger partial charge in [0.1, 0.15) is 5.41 Å². The number of hydrogen-bond acceptors (Lipinski definition) is 4. The molecular weight excluding hydrogens is 210 g/mol. The fraction of sp³-hybridized carbons (Fsp3) is 0.700. The number of piperidine rings is 1. The summed E-state index contributed by atoms with van der Waals surface area (Å²) in [5, 5.41) is 4.35. The Morgan fingerprint density at radius 3 is 2.06 bits per heavy atom.